The number of anilines is 1. The van der Waals surface area contributed by atoms with E-state index in [9.17, 15) is 14.0 Å². The number of hydrogen-bond donors (Lipinski definition) is 2. The first-order valence-corrected chi connectivity index (χ1v) is 11.1. The lowest BCUT2D eigenvalue weighted by atomic mass is 9.82. The Hall–Kier alpha value is -3.97. The van der Waals surface area contributed by atoms with Crippen LogP contribution in [0.15, 0.2) is 78.9 Å². The first-order valence-electron chi connectivity index (χ1n) is 10.7. The fourth-order valence-corrected chi connectivity index (χ4v) is 4.43. The monoisotopic (exact) mass is 474 g/mol. The van der Waals surface area contributed by atoms with E-state index in [2.05, 4.69) is 15.7 Å². The van der Waals surface area contributed by atoms with E-state index >= 15 is 0 Å². The van der Waals surface area contributed by atoms with Crippen molar-refractivity contribution in [3.63, 3.8) is 0 Å². The number of benzene rings is 3. The minimum atomic E-state index is -0.937. The van der Waals surface area contributed by atoms with E-state index in [4.69, 9.17) is 11.6 Å². The lowest BCUT2D eigenvalue weighted by molar-refractivity contribution is -0.118. The second kappa shape index (κ2) is 8.76. The quantitative estimate of drug-likeness (QED) is 0.443. The Kier molecular flexibility index (Phi) is 5.63. The maximum atomic E-state index is 13.7. The third kappa shape index (κ3) is 3.95. The minimum absolute atomic E-state index is 0.373. The standard InChI is InChI=1S/C26H20ClFN4O2/c1-15-21-22(16-9-13-19(28)14-10-16)23(29-25(33)17-7-11-18(27)12-8-17)26(34)30-24(21)32(31-15)20-5-3-2-4-6-20/h2-14,22-23H,1H3,(H,29,33)(H,30,34)/t22-,23+/m1/s1. The van der Waals surface area contributed by atoms with Crippen molar-refractivity contribution in [2.75, 3.05) is 5.32 Å². The van der Waals surface area contributed by atoms with Crippen LogP contribution in [0.5, 0.6) is 0 Å². The number of para-hydroxylation sites is 1. The zero-order valence-electron chi connectivity index (χ0n) is 18.1. The summed E-state index contributed by atoms with van der Waals surface area (Å²) >= 11 is 5.94. The second-order valence-electron chi connectivity index (χ2n) is 8.07. The summed E-state index contributed by atoms with van der Waals surface area (Å²) < 4.78 is 15.4. The van der Waals surface area contributed by atoms with Gasteiger partial charge in [-0.1, -0.05) is 41.9 Å². The molecule has 0 aliphatic carbocycles. The van der Waals surface area contributed by atoms with Gasteiger partial charge in [-0.2, -0.15) is 5.10 Å². The molecule has 2 atom stereocenters. The maximum Gasteiger partial charge on any atom is 0.251 e. The molecule has 5 rings (SSSR count). The number of rotatable bonds is 4. The zero-order chi connectivity index (χ0) is 23.8. The molecular weight excluding hydrogens is 455 g/mol. The molecule has 0 unspecified atom stereocenters. The van der Waals surface area contributed by atoms with Crippen molar-refractivity contribution in [3.05, 3.63) is 112 Å². The van der Waals surface area contributed by atoms with Crippen LogP contribution in [0.4, 0.5) is 10.2 Å². The Balaban J connectivity index is 1.61. The third-order valence-electron chi connectivity index (χ3n) is 5.90. The van der Waals surface area contributed by atoms with Gasteiger partial charge >= 0.3 is 0 Å². The molecule has 4 aromatic rings. The molecule has 1 aromatic heterocycles. The molecule has 0 radical (unpaired) electrons. The number of fused-ring (bicyclic) bond motifs is 1. The number of hydrogen-bond acceptors (Lipinski definition) is 3. The predicted molar refractivity (Wildman–Crippen MR) is 128 cm³/mol. The van der Waals surface area contributed by atoms with Gasteiger partial charge in [0.2, 0.25) is 5.91 Å². The van der Waals surface area contributed by atoms with Gasteiger partial charge in [-0.25, -0.2) is 9.07 Å². The van der Waals surface area contributed by atoms with Crippen LogP contribution >= 0.6 is 11.6 Å². The average molecular weight is 475 g/mol. The van der Waals surface area contributed by atoms with Gasteiger partial charge in [0.15, 0.2) is 0 Å². The molecular formula is C26H20ClFN4O2. The Bertz CT molecular complexity index is 1370. The van der Waals surface area contributed by atoms with Gasteiger partial charge in [0.25, 0.3) is 5.91 Å². The van der Waals surface area contributed by atoms with Gasteiger partial charge in [0, 0.05) is 22.1 Å². The average Bonchev–Trinajstić information content (AvgIpc) is 3.17. The summed E-state index contributed by atoms with van der Waals surface area (Å²) in [5, 5.41) is 11.0. The van der Waals surface area contributed by atoms with Crippen molar-refractivity contribution in [1.29, 1.82) is 0 Å². The molecule has 2 heterocycles. The molecule has 0 saturated heterocycles. The van der Waals surface area contributed by atoms with E-state index in [0.717, 1.165) is 11.3 Å². The van der Waals surface area contributed by atoms with Gasteiger partial charge in [0.05, 0.1) is 11.4 Å². The van der Waals surface area contributed by atoms with E-state index in [1.165, 1.54) is 12.1 Å². The van der Waals surface area contributed by atoms with Crippen LogP contribution in [0.25, 0.3) is 5.69 Å². The van der Waals surface area contributed by atoms with Crippen LogP contribution in [0.1, 0.15) is 33.1 Å². The largest absolute Gasteiger partial charge is 0.339 e. The number of nitrogens with zero attached hydrogens (tertiary/aromatic N) is 2. The van der Waals surface area contributed by atoms with E-state index in [1.807, 2.05) is 37.3 Å². The lowest BCUT2D eigenvalue weighted by Gasteiger charge is -2.32. The van der Waals surface area contributed by atoms with Crippen molar-refractivity contribution in [3.8, 4) is 5.69 Å². The molecule has 0 fully saturated rings. The van der Waals surface area contributed by atoms with Crippen molar-refractivity contribution in [2.45, 2.75) is 18.9 Å². The van der Waals surface area contributed by atoms with Gasteiger partial charge in [-0.05, 0) is 61.0 Å². The molecule has 3 aromatic carbocycles. The molecule has 34 heavy (non-hydrogen) atoms. The van der Waals surface area contributed by atoms with Crippen LogP contribution in [-0.2, 0) is 4.79 Å². The van der Waals surface area contributed by atoms with Gasteiger partial charge in [-0.3, -0.25) is 9.59 Å². The van der Waals surface area contributed by atoms with Gasteiger partial charge in [-0.15, -0.1) is 0 Å². The molecule has 0 saturated carbocycles. The van der Waals surface area contributed by atoms with Crippen molar-refractivity contribution < 1.29 is 14.0 Å². The highest BCUT2D eigenvalue weighted by Gasteiger charge is 2.41. The normalized spacial score (nSPS) is 17.1. The van der Waals surface area contributed by atoms with Crippen LogP contribution in [-0.4, -0.2) is 27.6 Å². The van der Waals surface area contributed by atoms with Crippen molar-refractivity contribution >= 4 is 29.2 Å². The first kappa shape index (κ1) is 21.9. The molecule has 2 amide bonds. The summed E-state index contributed by atoms with van der Waals surface area (Å²) in [6.45, 7) is 1.85. The Morgan fingerprint density at radius 1 is 1.03 bits per heavy atom. The maximum absolute atomic E-state index is 13.7. The lowest BCUT2D eigenvalue weighted by Crippen LogP contribution is -2.50. The number of carbonyl (C=O) groups is 2. The van der Waals surface area contributed by atoms with Crippen LogP contribution in [0, 0.1) is 12.7 Å². The van der Waals surface area contributed by atoms with Crippen LogP contribution in [0.3, 0.4) is 0 Å². The SMILES string of the molecule is Cc1nn(-c2ccccc2)c2c1[C@@H](c1ccc(F)cc1)[C@H](NC(=O)c1ccc(Cl)cc1)C(=O)N2. The highest BCUT2D eigenvalue weighted by molar-refractivity contribution is 6.30. The smallest absolute Gasteiger partial charge is 0.251 e. The summed E-state index contributed by atoms with van der Waals surface area (Å²) in [6.07, 6.45) is 0. The molecule has 0 bridgehead atoms. The Morgan fingerprint density at radius 2 is 1.71 bits per heavy atom. The summed E-state index contributed by atoms with van der Waals surface area (Å²) in [5.74, 6) is -1.23. The molecule has 2 N–H and O–H groups in total. The summed E-state index contributed by atoms with van der Waals surface area (Å²) in [7, 11) is 0. The van der Waals surface area contributed by atoms with Crippen molar-refractivity contribution in [1.82, 2.24) is 15.1 Å². The second-order valence-corrected chi connectivity index (χ2v) is 8.51. The topological polar surface area (TPSA) is 76.0 Å². The number of amides is 2. The molecule has 8 heteroatoms. The molecule has 170 valence electrons. The molecule has 0 spiro atoms. The van der Waals surface area contributed by atoms with E-state index in [-0.39, 0.29) is 11.7 Å². The Morgan fingerprint density at radius 3 is 2.38 bits per heavy atom. The Labute approximate surface area is 200 Å². The summed E-state index contributed by atoms with van der Waals surface area (Å²) in [6, 6.07) is 20.9. The summed E-state index contributed by atoms with van der Waals surface area (Å²) in [4.78, 5) is 26.4. The van der Waals surface area contributed by atoms with E-state index in [1.54, 1.807) is 41.1 Å². The fourth-order valence-electron chi connectivity index (χ4n) is 4.30. The van der Waals surface area contributed by atoms with E-state index < -0.39 is 17.9 Å². The number of aromatic nitrogens is 2. The molecule has 1 aliphatic heterocycles. The first-order chi connectivity index (χ1) is 16.4. The summed E-state index contributed by atoms with van der Waals surface area (Å²) in [5.41, 5.74) is 3.30. The highest BCUT2D eigenvalue weighted by atomic mass is 35.5. The van der Waals surface area contributed by atoms with Gasteiger partial charge in [0.1, 0.15) is 17.7 Å². The number of carbonyl (C=O) groups excluding carboxylic acids is 2. The zero-order valence-corrected chi connectivity index (χ0v) is 18.9. The van der Waals surface area contributed by atoms with Crippen LogP contribution in [0.2, 0.25) is 5.02 Å². The van der Waals surface area contributed by atoms with Crippen molar-refractivity contribution in [2.24, 2.45) is 0 Å². The third-order valence-corrected chi connectivity index (χ3v) is 6.15. The minimum Gasteiger partial charge on any atom is -0.339 e. The fraction of sp³-hybridized carbons (Fsp3) is 0.115. The van der Waals surface area contributed by atoms with Crippen LogP contribution < -0.4 is 10.6 Å². The predicted octanol–water partition coefficient (Wildman–Crippen LogP) is 4.86. The molecule has 1 aliphatic rings. The highest BCUT2D eigenvalue weighted by Crippen LogP contribution is 2.40. The number of halogens is 2. The van der Waals surface area contributed by atoms with Gasteiger partial charge < -0.3 is 10.6 Å². The van der Waals surface area contributed by atoms with E-state index in [0.29, 0.717) is 27.7 Å². The number of nitrogens with one attached hydrogen (secondary N) is 2. The number of aryl methyl sites for hydroxylation is 1. The molecule has 6 nitrogen and oxygen atoms in total.